The van der Waals surface area contributed by atoms with Gasteiger partial charge in [-0.2, -0.15) is 5.10 Å². The number of carbonyl (C=O) groups is 2. The number of aromatic nitrogens is 3. The molecule has 3 rings (SSSR count). The molecule has 9 heteroatoms. The van der Waals surface area contributed by atoms with Gasteiger partial charge >= 0.3 is 12.2 Å². The molecule has 2 amide bonds. The number of fused-ring (bicyclic) bond motifs is 1. The van der Waals surface area contributed by atoms with E-state index in [1.54, 1.807) is 11.1 Å². The van der Waals surface area contributed by atoms with E-state index in [1.807, 2.05) is 59.2 Å². The van der Waals surface area contributed by atoms with Crippen LogP contribution >= 0.6 is 0 Å². The maximum Gasteiger partial charge on any atom is 0.413 e. The Hall–Kier alpha value is -2.84. The van der Waals surface area contributed by atoms with Gasteiger partial charge in [-0.3, -0.25) is 15.0 Å². The molecule has 182 valence electrons. The zero-order chi connectivity index (χ0) is 24.6. The predicted molar refractivity (Wildman–Crippen MR) is 127 cm³/mol. The van der Waals surface area contributed by atoms with Gasteiger partial charge in [0.15, 0.2) is 5.82 Å². The minimum atomic E-state index is -0.616. The van der Waals surface area contributed by atoms with E-state index in [1.165, 1.54) is 0 Å². The number of ether oxygens (including phenoxy) is 2. The highest BCUT2D eigenvalue weighted by Gasteiger charge is 2.39. The number of anilines is 1. The normalized spacial score (nSPS) is 16.5. The molecule has 0 aromatic carbocycles. The number of nitrogens with zero attached hydrogens (tertiary/aromatic N) is 4. The van der Waals surface area contributed by atoms with Gasteiger partial charge in [0.2, 0.25) is 0 Å². The first-order valence-corrected chi connectivity index (χ1v) is 11.6. The van der Waals surface area contributed by atoms with Crippen molar-refractivity contribution in [1.29, 1.82) is 0 Å². The van der Waals surface area contributed by atoms with Crippen LogP contribution < -0.4 is 5.32 Å². The second-order valence-corrected chi connectivity index (χ2v) is 10.7. The van der Waals surface area contributed by atoms with Gasteiger partial charge in [-0.05, 0) is 73.8 Å². The van der Waals surface area contributed by atoms with Crippen LogP contribution in [0, 0.1) is 6.92 Å². The van der Waals surface area contributed by atoms with Crippen LogP contribution in [0.4, 0.5) is 15.4 Å². The zero-order valence-electron chi connectivity index (χ0n) is 21.1. The molecule has 0 atom stereocenters. The molecule has 1 aliphatic rings. The van der Waals surface area contributed by atoms with Gasteiger partial charge < -0.3 is 14.4 Å². The first-order chi connectivity index (χ1) is 15.2. The molecule has 2 aromatic rings. The summed E-state index contributed by atoms with van der Waals surface area (Å²) in [5, 5.41) is 8.46. The number of nitrogens with one attached hydrogen (secondary N) is 1. The fourth-order valence-electron chi connectivity index (χ4n) is 4.22. The number of piperidine rings is 1. The lowest BCUT2D eigenvalue weighted by atomic mass is 9.85. The lowest BCUT2D eigenvalue weighted by molar-refractivity contribution is 0.0100. The van der Waals surface area contributed by atoms with E-state index in [4.69, 9.17) is 14.6 Å². The van der Waals surface area contributed by atoms with Crippen molar-refractivity contribution in [2.45, 2.75) is 91.4 Å². The van der Waals surface area contributed by atoms with Crippen molar-refractivity contribution in [2.75, 3.05) is 18.4 Å². The Bertz CT molecular complexity index is 1020. The van der Waals surface area contributed by atoms with Crippen molar-refractivity contribution in [2.24, 2.45) is 0 Å². The van der Waals surface area contributed by atoms with E-state index in [0.29, 0.717) is 18.9 Å². The van der Waals surface area contributed by atoms with Crippen molar-refractivity contribution >= 4 is 28.9 Å². The Kier molecular flexibility index (Phi) is 6.64. The molecule has 0 unspecified atom stereocenters. The summed E-state index contributed by atoms with van der Waals surface area (Å²) < 4.78 is 13.0. The number of carbonyl (C=O) groups excluding carboxylic acids is 2. The van der Waals surface area contributed by atoms with Crippen molar-refractivity contribution in [3.8, 4) is 0 Å². The molecule has 0 radical (unpaired) electrons. The van der Waals surface area contributed by atoms with E-state index < -0.39 is 17.3 Å². The van der Waals surface area contributed by atoms with Gasteiger partial charge in [0.1, 0.15) is 11.2 Å². The summed E-state index contributed by atoms with van der Waals surface area (Å²) in [5.74, 6) is 0.437. The minimum Gasteiger partial charge on any atom is -0.444 e. The van der Waals surface area contributed by atoms with Crippen molar-refractivity contribution in [3.63, 3.8) is 0 Å². The number of rotatable bonds is 3. The van der Waals surface area contributed by atoms with Gasteiger partial charge in [-0.1, -0.05) is 6.92 Å². The molecule has 2 aromatic heterocycles. The minimum absolute atomic E-state index is 0.287. The Labute approximate surface area is 195 Å². The third kappa shape index (κ3) is 5.57. The Morgan fingerprint density at radius 1 is 1.09 bits per heavy atom. The van der Waals surface area contributed by atoms with Crippen LogP contribution in [-0.2, 0) is 15.0 Å². The third-order valence-corrected chi connectivity index (χ3v) is 5.86. The summed E-state index contributed by atoms with van der Waals surface area (Å²) in [4.78, 5) is 31.2. The van der Waals surface area contributed by atoms with Crippen molar-refractivity contribution < 1.29 is 19.1 Å². The lowest BCUT2D eigenvalue weighted by Gasteiger charge is -2.42. The number of pyridine rings is 1. The van der Waals surface area contributed by atoms with E-state index in [0.717, 1.165) is 35.9 Å². The van der Waals surface area contributed by atoms with Crippen LogP contribution in [-0.4, -0.2) is 56.1 Å². The third-order valence-electron chi connectivity index (χ3n) is 5.86. The Morgan fingerprint density at radius 3 is 2.24 bits per heavy atom. The van der Waals surface area contributed by atoms with E-state index in [2.05, 4.69) is 17.2 Å². The maximum atomic E-state index is 12.6. The summed E-state index contributed by atoms with van der Waals surface area (Å²) in [6, 6.07) is 1.92. The van der Waals surface area contributed by atoms with Gasteiger partial charge in [0.05, 0.1) is 22.1 Å². The highest BCUT2D eigenvalue weighted by Crippen LogP contribution is 2.38. The van der Waals surface area contributed by atoms with Crippen LogP contribution in [0.1, 0.15) is 73.4 Å². The number of hydrogen-bond donors (Lipinski definition) is 1. The molecule has 0 aliphatic carbocycles. The van der Waals surface area contributed by atoms with Crippen molar-refractivity contribution in [3.05, 3.63) is 18.0 Å². The molecule has 1 aliphatic heterocycles. The lowest BCUT2D eigenvalue weighted by Crippen LogP contribution is -2.49. The molecule has 0 bridgehead atoms. The van der Waals surface area contributed by atoms with Crippen molar-refractivity contribution in [1.82, 2.24) is 19.7 Å². The monoisotopic (exact) mass is 459 g/mol. The molecule has 1 N–H and O–H groups in total. The average Bonchev–Trinajstić information content (AvgIpc) is 3.05. The molecule has 33 heavy (non-hydrogen) atoms. The van der Waals surface area contributed by atoms with Gasteiger partial charge in [-0.25, -0.2) is 9.59 Å². The van der Waals surface area contributed by atoms with E-state index in [9.17, 15) is 9.59 Å². The fourth-order valence-corrected chi connectivity index (χ4v) is 4.22. The fraction of sp³-hybridized carbons (Fsp3) is 0.667. The van der Waals surface area contributed by atoms with Gasteiger partial charge in [0, 0.05) is 19.3 Å². The number of amides is 2. The average molecular weight is 460 g/mol. The topological polar surface area (TPSA) is 98.6 Å². The quantitative estimate of drug-likeness (QED) is 0.675. The molecule has 1 fully saturated rings. The Morgan fingerprint density at radius 2 is 1.70 bits per heavy atom. The zero-order valence-corrected chi connectivity index (χ0v) is 21.1. The largest absolute Gasteiger partial charge is 0.444 e. The summed E-state index contributed by atoms with van der Waals surface area (Å²) in [5.41, 5.74) is 0.248. The molecular weight excluding hydrogens is 422 g/mol. The number of hydrogen-bond acceptors (Lipinski definition) is 6. The van der Waals surface area contributed by atoms with Gasteiger partial charge in [-0.15, -0.1) is 0 Å². The number of aryl methyl sites for hydroxylation is 1. The van der Waals surface area contributed by atoms with Gasteiger partial charge in [0.25, 0.3) is 0 Å². The van der Waals surface area contributed by atoms with Crippen LogP contribution in [0.5, 0.6) is 0 Å². The van der Waals surface area contributed by atoms with Crippen LogP contribution in [0.3, 0.4) is 0 Å². The first kappa shape index (κ1) is 24.8. The highest BCUT2D eigenvalue weighted by molar-refractivity contribution is 5.98. The summed E-state index contributed by atoms with van der Waals surface area (Å²) >= 11 is 0. The second-order valence-electron chi connectivity index (χ2n) is 10.7. The van der Waals surface area contributed by atoms with Crippen LogP contribution in [0.15, 0.2) is 12.3 Å². The predicted octanol–water partition coefficient (Wildman–Crippen LogP) is 5.22. The van der Waals surface area contributed by atoms with E-state index >= 15 is 0 Å². The Balaban J connectivity index is 1.92. The number of likely N-dealkylation sites (tertiary alicyclic amines) is 1. The molecule has 9 nitrogen and oxygen atoms in total. The molecule has 3 heterocycles. The molecule has 0 spiro atoms. The first-order valence-electron chi connectivity index (χ1n) is 11.6. The molecule has 1 saturated heterocycles. The molecule has 0 saturated carbocycles. The van der Waals surface area contributed by atoms with Crippen LogP contribution in [0.2, 0.25) is 0 Å². The highest BCUT2D eigenvalue weighted by atomic mass is 16.6. The second kappa shape index (κ2) is 8.83. The SMILES string of the molecule is CCC1(n2nc(NC(=O)OC(C)(C)C)c3c(C)nccc32)CCN(C(=O)OC(C)(C)C)CC1. The summed E-state index contributed by atoms with van der Waals surface area (Å²) in [6.07, 6.45) is 3.21. The van der Waals surface area contributed by atoms with E-state index in [-0.39, 0.29) is 11.6 Å². The summed E-state index contributed by atoms with van der Waals surface area (Å²) in [7, 11) is 0. The van der Waals surface area contributed by atoms with Crippen LogP contribution in [0.25, 0.3) is 10.9 Å². The summed E-state index contributed by atoms with van der Waals surface area (Å²) in [6.45, 7) is 16.3. The standard InChI is InChI=1S/C24H37N5O4/c1-9-24(11-14-28(15-12-24)21(31)33-23(6,7)8)29-17-10-13-25-16(2)18(17)19(27-29)26-20(30)32-22(3,4)5/h10,13H,9,11-12,14-15H2,1-8H3,(H,26,27,30). The maximum absolute atomic E-state index is 12.6. The smallest absolute Gasteiger partial charge is 0.413 e. The molecular formula is C24H37N5O4.